The zero-order valence-electron chi connectivity index (χ0n) is 10.4. The van der Waals surface area contributed by atoms with Crippen LogP contribution in [0.4, 0.5) is 0 Å². The van der Waals surface area contributed by atoms with Gasteiger partial charge in [-0.25, -0.2) is 0 Å². The molecule has 1 aromatic heterocycles. The summed E-state index contributed by atoms with van der Waals surface area (Å²) < 4.78 is 5.50. The van der Waals surface area contributed by atoms with Gasteiger partial charge >= 0.3 is 0 Å². The van der Waals surface area contributed by atoms with E-state index in [1.54, 1.807) is 11.3 Å². The number of carbonyl (C=O) groups excluding carboxylic acids is 1. The molecular weight excluding hydrogens is 232 g/mol. The Hall–Kier alpha value is -0.670. The van der Waals surface area contributed by atoms with Crippen molar-refractivity contribution in [2.45, 2.75) is 45.1 Å². The van der Waals surface area contributed by atoms with Crippen molar-refractivity contribution >= 4 is 17.1 Å². The Morgan fingerprint density at radius 2 is 2.35 bits per heavy atom. The number of hydrogen-bond donors (Lipinski definition) is 0. The molecule has 0 spiro atoms. The van der Waals surface area contributed by atoms with E-state index in [1.807, 2.05) is 13.0 Å². The average molecular weight is 252 g/mol. The van der Waals surface area contributed by atoms with Gasteiger partial charge < -0.3 is 4.74 Å². The lowest BCUT2D eigenvalue weighted by atomic mass is 9.78. The molecular formula is C14H20O2S. The maximum Gasteiger partial charge on any atom is 0.133 e. The zero-order valence-corrected chi connectivity index (χ0v) is 11.2. The summed E-state index contributed by atoms with van der Waals surface area (Å²) in [4.78, 5) is 13.1. The normalized spacial score (nSPS) is 23.4. The number of ketones is 1. The molecule has 1 saturated carbocycles. The predicted molar refractivity (Wildman–Crippen MR) is 70.4 cm³/mol. The number of hydrogen-bond acceptors (Lipinski definition) is 3. The third-order valence-electron chi connectivity index (χ3n) is 3.34. The van der Waals surface area contributed by atoms with Gasteiger partial charge in [0.2, 0.25) is 0 Å². The van der Waals surface area contributed by atoms with Crippen LogP contribution in [-0.4, -0.2) is 18.5 Å². The minimum absolute atomic E-state index is 0.415. The van der Waals surface area contributed by atoms with Gasteiger partial charge in [-0.05, 0) is 43.6 Å². The fourth-order valence-electron chi connectivity index (χ4n) is 2.35. The highest BCUT2D eigenvalue weighted by Crippen LogP contribution is 2.33. The summed E-state index contributed by atoms with van der Waals surface area (Å²) >= 11 is 1.74. The molecule has 0 N–H and O–H groups in total. The summed E-state index contributed by atoms with van der Waals surface area (Å²) in [6.45, 7) is 2.82. The van der Waals surface area contributed by atoms with Crippen molar-refractivity contribution in [2.24, 2.45) is 5.92 Å². The van der Waals surface area contributed by atoms with Crippen molar-refractivity contribution in [3.05, 3.63) is 22.4 Å². The van der Waals surface area contributed by atoms with Gasteiger partial charge in [-0.1, -0.05) is 6.07 Å². The second kappa shape index (κ2) is 6.31. The number of ether oxygens (including phenoxy) is 1. The van der Waals surface area contributed by atoms with Crippen molar-refractivity contribution in [1.82, 2.24) is 0 Å². The third-order valence-corrected chi connectivity index (χ3v) is 4.28. The van der Waals surface area contributed by atoms with Crippen LogP contribution in [0, 0.1) is 5.92 Å². The first kappa shape index (κ1) is 12.8. The number of Topliss-reactive ketones (excluding diaryl/α,β-unsaturated/α-hetero) is 1. The van der Waals surface area contributed by atoms with Crippen molar-refractivity contribution in [1.29, 1.82) is 0 Å². The molecule has 0 saturated heterocycles. The van der Waals surface area contributed by atoms with Crippen LogP contribution < -0.4 is 0 Å². The van der Waals surface area contributed by atoms with Crippen molar-refractivity contribution in [3.63, 3.8) is 0 Å². The van der Waals surface area contributed by atoms with Crippen LogP contribution in [0.15, 0.2) is 17.5 Å². The summed E-state index contributed by atoms with van der Waals surface area (Å²) in [6, 6.07) is 4.15. The Bertz CT molecular complexity index is 339. The van der Waals surface area contributed by atoms with E-state index in [9.17, 15) is 4.79 Å². The van der Waals surface area contributed by atoms with Gasteiger partial charge in [-0.3, -0.25) is 4.79 Å². The molecule has 0 bridgehead atoms. The molecule has 0 aromatic carbocycles. The second-order valence-corrected chi connectivity index (χ2v) is 5.77. The lowest BCUT2D eigenvalue weighted by Crippen LogP contribution is -2.32. The zero-order chi connectivity index (χ0) is 12.1. The molecule has 3 heteroatoms. The Kier molecular flexibility index (Phi) is 4.75. The van der Waals surface area contributed by atoms with E-state index >= 15 is 0 Å². The Balaban J connectivity index is 1.59. The summed E-state index contributed by atoms with van der Waals surface area (Å²) in [5, 5.41) is 2.07. The lowest BCUT2D eigenvalue weighted by molar-refractivity contribution is -0.122. The molecule has 1 aliphatic rings. The van der Waals surface area contributed by atoms with Crippen molar-refractivity contribution in [2.75, 3.05) is 6.61 Å². The van der Waals surface area contributed by atoms with E-state index in [2.05, 4.69) is 11.4 Å². The Morgan fingerprint density at radius 1 is 1.53 bits per heavy atom. The van der Waals surface area contributed by atoms with Gasteiger partial charge in [0, 0.05) is 24.3 Å². The number of carbonyl (C=O) groups is 1. The van der Waals surface area contributed by atoms with E-state index in [0.29, 0.717) is 24.2 Å². The largest absolute Gasteiger partial charge is 0.378 e. The van der Waals surface area contributed by atoms with Gasteiger partial charge in [0.05, 0.1) is 6.10 Å². The SMILES string of the molecule is CCOC1CC(CC(=O)CCc2cccs2)C1. The molecule has 1 aromatic rings. The van der Waals surface area contributed by atoms with Gasteiger partial charge in [0.1, 0.15) is 5.78 Å². The van der Waals surface area contributed by atoms with E-state index < -0.39 is 0 Å². The highest BCUT2D eigenvalue weighted by atomic mass is 32.1. The molecule has 0 radical (unpaired) electrons. The fourth-order valence-corrected chi connectivity index (χ4v) is 3.06. The molecule has 1 aliphatic carbocycles. The molecule has 2 nitrogen and oxygen atoms in total. The minimum Gasteiger partial charge on any atom is -0.378 e. The van der Waals surface area contributed by atoms with Crippen LogP contribution in [0.25, 0.3) is 0 Å². The van der Waals surface area contributed by atoms with Crippen molar-refractivity contribution in [3.8, 4) is 0 Å². The van der Waals surface area contributed by atoms with Crippen LogP contribution in [0.1, 0.15) is 37.5 Å². The molecule has 0 atom stereocenters. The maximum atomic E-state index is 11.8. The first-order valence-corrected chi connectivity index (χ1v) is 7.31. The van der Waals surface area contributed by atoms with E-state index in [1.165, 1.54) is 4.88 Å². The number of rotatable bonds is 7. The summed E-state index contributed by atoms with van der Waals surface area (Å²) in [5.41, 5.74) is 0. The smallest absolute Gasteiger partial charge is 0.133 e. The molecule has 1 heterocycles. The van der Waals surface area contributed by atoms with Crippen LogP contribution in [0.2, 0.25) is 0 Å². The fraction of sp³-hybridized carbons (Fsp3) is 0.643. The molecule has 2 rings (SSSR count). The van der Waals surface area contributed by atoms with Gasteiger partial charge in [0.25, 0.3) is 0 Å². The average Bonchev–Trinajstić information content (AvgIpc) is 2.76. The topological polar surface area (TPSA) is 26.3 Å². The molecule has 0 unspecified atom stereocenters. The van der Waals surface area contributed by atoms with E-state index in [-0.39, 0.29) is 0 Å². The highest BCUT2D eigenvalue weighted by molar-refractivity contribution is 7.09. The van der Waals surface area contributed by atoms with Crippen LogP contribution in [0.5, 0.6) is 0 Å². The summed E-state index contributed by atoms with van der Waals surface area (Å²) in [5.74, 6) is 1.00. The first-order valence-electron chi connectivity index (χ1n) is 6.43. The molecule has 1 fully saturated rings. The van der Waals surface area contributed by atoms with Gasteiger partial charge in [-0.15, -0.1) is 11.3 Å². The Labute approximate surface area is 107 Å². The van der Waals surface area contributed by atoms with Crippen molar-refractivity contribution < 1.29 is 9.53 Å². The minimum atomic E-state index is 0.415. The van der Waals surface area contributed by atoms with Gasteiger partial charge in [-0.2, -0.15) is 0 Å². The predicted octanol–water partition coefficient (Wildman–Crippen LogP) is 3.46. The third kappa shape index (κ3) is 3.93. The quantitative estimate of drug-likeness (QED) is 0.743. The van der Waals surface area contributed by atoms with Crippen LogP contribution in [0.3, 0.4) is 0 Å². The molecule has 94 valence electrons. The Morgan fingerprint density at radius 3 is 3.00 bits per heavy atom. The standard InChI is InChI=1S/C14H20O2S/c1-2-16-13-9-11(10-13)8-12(15)5-6-14-4-3-7-17-14/h3-4,7,11,13H,2,5-6,8-10H2,1H3. The molecule has 0 amide bonds. The van der Waals surface area contributed by atoms with Gasteiger partial charge in [0.15, 0.2) is 0 Å². The number of aryl methyl sites for hydroxylation is 1. The van der Waals surface area contributed by atoms with Crippen LogP contribution in [-0.2, 0) is 16.0 Å². The number of thiophene rings is 1. The highest BCUT2D eigenvalue weighted by Gasteiger charge is 2.30. The monoisotopic (exact) mass is 252 g/mol. The summed E-state index contributed by atoms with van der Waals surface area (Å²) in [7, 11) is 0. The summed E-state index contributed by atoms with van der Waals surface area (Å²) in [6.07, 6.45) is 4.97. The molecule has 17 heavy (non-hydrogen) atoms. The first-order chi connectivity index (χ1) is 8.28. The second-order valence-electron chi connectivity index (χ2n) is 4.74. The maximum absolute atomic E-state index is 11.8. The van der Waals surface area contributed by atoms with Crippen LogP contribution >= 0.6 is 11.3 Å². The van der Waals surface area contributed by atoms with E-state index in [4.69, 9.17) is 4.74 Å². The van der Waals surface area contributed by atoms with E-state index in [0.717, 1.165) is 32.3 Å². The lowest BCUT2D eigenvalue weighted by Gasteiger charge is -2.34. The molecule has 0 aliphatic heterocycles.